The topological polar surface area (TPSA) is 111 Å². The summed E-state index contributed by atoms with van der Waals surface area (Å²) in [5, 5.41) is 19.3. The van der Waals surface area contributed by atoms with Gasteiger partial charge in [0.15, 0.2) is 17.5 Å². The minimum Gasteiger partial charge on any atom is -0.326 e. The predicted molar refractivity (Wildman–Crippen MR) is 141 cm³/mol. The lowest BCUT2D eigenvalue weighted by atomic mass is 9.98. The zero-order chi connectivity index (χ0) is 24.9. The van der Waals surface area contributed by atoms with Gasteiger partial charge < -0.3 is 5.73 Å². The number of nitrogens with zero attached hydrogens (tertiary/aromatic N) is 6. The van der Waals surface area contributed by atoms with Crippen LogP contribution in [0, 0.1) is 5.92 Å². The van der Waals surface area contributed by atoms with Gasteiger partial charge in [-0.15, -0.1) is 5.10 Å². The molecule has 8 heteroatoms. The SMILES string of the molecule is CC(C)CCc1nc(-c2ccc(CN)cc2)n(Cc2ccc(-c3ccccc3-c3nnn[nH]3)cc2)n1. The number of nitrogens with two attached hydrogens (primary N) is 1. The summed E-state index contributed by atoms with van der Waals surface area (Å²) in [6.45, 7) is 5.61. The highest BCUT2D eigenvalue weighted by Crippen LogP contribution is 2.30. The van der Waals surface area contributed by atoms with Gasteiger partial charge >= 0.3 is 0 Å². The minimum absolute atomic E-state index is 0.523. The number of H-pyrrole nitrogens is 1. The van der Waals surface area contributed by atoms with Gasteiger partial charge in [0, 0.05) is 24.1 Å². The van der Waals surface area contributed by atoms with Crippen LogP contribution >= 0.6 is 0 Å². The van der Waals surface area contributed by atoms with E-state index in [9.17, 15) is 0 Å². The van der Waals surface area contributed by atoms with Gasteiger partial charge in [-0.05, 0) is 45.0 Å². The maximum absolute atomic E-state index is 5.79. The molecule has 0 saturated heterocycles. The zero-order valence-electron chi connectivity index (χ0n) is 20.6. The van der Waals surface area contributed by atoms with Crippen molar-refractivity contribution in [3.05, 3.63) is 89.7 Å². The van der Waals surface area contributed by atoms with Crippen LogP contribution in [-0.4, -0.2) is 35.4 Å². The fourth-order valence-corrected chi connectivity index (χ4v) is 4.20. The summed E-state index contributed by atoms with van der Waals surface area (Å²) >= 11 is 0. The maximum atomic E-state index is 5.79. The Bertz CT molecular complexity index is 1400. The first-order valence-corrected chi connectivity index (χ1v) is 12.3. The van der Waals surface area contributed by atoms with Crippen molar-refractivity contribution < 1.29 is 0 Å². The van der Waals surface area contributed by atoms with Crippen molar-refractivity contribution in [3.8, 4) is 33.9 Å². The summed E-state index contributed by atoms with van der Waals surface area (Å²) in [5.74, 6) is 3.02. The van der Waals surface area contributed by atoms with E-state index in [0.29, 0.717) is 24.8 Å². The second-order valence-electron chi connectivity index (χ2n) is 9.34. The van der Waals surface area contributed by atoms with E-state index >= 15 is 0 Å². The normalized spacial score (nSPS) is 11.3. The average Bonchev–Trinajstić information content (AvgIpc) is 3.59. The third kappa shape index (κ3) is 5.23. The predicted octanol–water partition coefficient (Wildman–Crippen LogP) is 4.89. The van der Waals surface area contributed by atoms with Crippen LogP contribution in [0.25, 0.3) is 33.9 Å². The largest absolute Gasteiger partial charge is 0.326 e. The average molecular weight is 479 g/mol. The second-order valence-corrected chi connectivity index (χ2v) is 9.34. The van der Waals surface area contributed by atoms with E-state index in [2.05, 4.69) is 89.1 Å². The molecule has 3 aromatic carbocycles. The Kier molecular flexibility index (Phi) is 6.95. The molecule has 0 spiro atoms. The van der Waals surface area contributed by atoms with E-state index in [4.69, 9.17) is 15.8 Å². The van der Waals surface area contributed by atoms with Crippen LogP contribution < -0.4 is 5.73 Å². The van der Waals surface area contributed by atoms with Gasteiger partial charge in [-0.2, -0.15) is 5.10 Å². The number of hydrogen-bond donors (Lipinski definition) is 2. The zero-order valence-corrected chi connectivity index (χ0v) is 20.6. The van der Waals surface area contributed by atoms with Crippen molar-refractivity contribution in [2.45, 2.75) is 39.8 Å². The van der Waals surface area contributed by atoms with Gasteiger partial charge in [0.25, 0.3) is 0 Å². The molecular weight excluding hydrogens is 448 g/mol. The Labute approximate surface area is 210 Å². The monoisotopic (exact) mass is 478 g/mol. The molecule has 0 unspecified atom stereocenters. The lowest BCUT2D eigenvalue weighted by Crippen LogP contribution is -2.05. The Balaban J connectivity index is 1.43. The van der Waals surface area contributed by atoms with Crippen molar-refractivity contribution in [3.63, 3.8) is 0 Å². The number of aromatic amines is 1. The smallest absolute Gasteiger partial charge is 0.180 e. The Morgan fingerprint density at radius 3 is 2.22 bits per heavy atom. The van der Waals surface area contributed by atoms with Gasteiger partial charge in [0.2, 0.25) is 0 Å². The van der Waals surface area contributed by atoms with Crippen molar-refractivity contribution in [1.82, 2.24) is 35.4 Å². The van der Waals surface area contributed by atoms with Gasteiger partial charge in [-0.25, -0.2) is 14.8 Å². The molecule has 0 aliphatic heterocycles. The molecule has 0 aliphatic rings. The lowest BCUT2D eigenvalue weighted by Gasteiger charge is -2.10. The van der Waals surface area contributed by atoms with Crippen LogP contribution in [0.2, 0.25) is 0 Å². The van der Waals surface area contributed by atoms with Crippen LogP contribution in [0.1, 0.15) is 37.2 Å². The number of hydrogen-bond acceptors (Lipinski definition) is 6. The summed E-state index contributed by atoms with van der Waals surface area (Å²) in [5.41, 5.74) is 12.2. The van der Waals surface area contributed by atoms with E-state index in [1.807, 2.05) is 22.9 Å². The molecule has 0 aliphatic carbocycles. The van der Waals surface area contributed by atoms with Crippen LogP contribution in [0.5, 0.6) is 0 Å². The molecule has 2 heterocycles. The molecular formula is C28H30N8. The molecule has 0 fully saturated rings. The number of tetrazole rings is 1. The minimum atomic E-state index is 0.523. The second kappa shape index (κ2) is 10.6. The summed E-state index contributed by atoms with van der Waals surface area (Å²) in [7, 11) is 0. The van der Waals surface area contributed by atoms with Crippen LogP contribution in [0.3, 0.4) is 0 Å². The molecule has 182 valence electrons. The molecule has 0 bridgehead atoms. The molecule has 0 amide bonds. The highest BCUT2D eigenvalue weighted by Gasteiger charge is 2.14. The molecule has 0 atom stereocenters. The fraction of sp³-hybridized carbons (Fsp3) is 0.250. The standard InChI is InChI=1S/C28H30N8/c1-19(2)7-16-26-30-28(23-14-8-20(17-29)9-15-23)36(33-26)18-21-10-12-22(13-11-21)24-5-3-4-6-25(24)27-31-34-35-32-27/h3-6,8-15,19H,7,16-18,29H2,1-2H3,(H,31,32,34,35). The summed E-state index contributed by atoms with van der Waals surface area (Å²) in [6, 6.07) is 24.9. The van der Waals surface area contributed by atoms with Crippen molar-refractivity contribution in [2.24, 2.45) is 11.7 Å². The third-order valence-corrected chi connectivity index (χ3v) is 6.23. The number of aromatic nitrogens is 7. The van der Waals surface area contributed by atoms with Crippen LogP contribution in [0.15, 0.2) is 72.8 Å². The number of rotatable bonds is 9. The van der Waals surface area contributed by atoms with Crippen LogP contribution in [-0.2, 0) is 19.5 Å². The Morgan fingerprint density at radius 2 is 1.56 bits per heavy atom. The van der Waals surface area contributed by atoms with E-state index in [0.717, 1.165) is 57.9 Å². The van der Waals surface area contributed by atoms with Crippen molar-refractivity contribution in [2.75, 3.05) is 0 Å². The fourth-order valence-electron chi connectivity index (χ4n) is 4.20. The van der Waals surface area contributed by atoms with Gasteiger partial charge in [-0.1, -0.05) is 86.6 Å². The molecule has 0 radical (unpaired) electrons. The van der Waals surface area contributed by atoms with Crippen LogP contribution in [0.4, 0.5) is 0 Å². The summed E-state index contributed by atoms with van der Waals surface area (Å²) < 4.78 is 2.01. The maximum Gasteiger partial charge on any atom is 0.180 e. The number of nitrogens with one attached hydrogen (secondary N) is 1. The number of benzene rings is 3. The lowest BCUT2D eigenvalue weighted by molar-refractivity contribution is 0.569. The molecule has 5 rings (SSSR count). The quantitative estimate of drug-likeness (QED) is 0.312. The molecule has 5 aromatic rings. The van der Waals surface area contributed by atoms with Crippen molar-refractivity contribution >= 4 is 0 Å². The Hall–Kier alpha value is -4.17. The third-order valence-electron chi connectivity index (χ3n) is 6.23. The van der Waals surface area contributed by atoms with Crippen molar-refractivity contribution in [1.29, 1.82) is 0 Å². The van der Waals surface area contributed by atoms with Gasteiger partial charge in [-0.3, -0.25) is 0 Å². The molecule has 2 aromatic heterocycles. The van der Waals surface area contributed by atoms with Gasteiger partial charge in [0.05, 0.1) is 6.54 Å². The van der Waals surface area contributed by atoms with E-state index in [-0.39, 0.29) is 0 Å². The van der Waals surface area contributed by atoms with Gasteiger partial charge in [0.1, 0.15) is 0 Å². The van der Waals surface area contributed by atoms with E-state index < -0.39 is 0 Å². The number of aryl methyl sites for hydroxylation is 1. The first-order valence-electron chi connectivity index (χ1n) is 12.3. The highest BCUT2D eigenvalue weighted by atomic mass is 15.5. The van der Waals surface area contributed by atoms with E-state index in [1.165, 1.54) is 0 Å². The summed E-state index contributed by atoms with van der Waals surface area (Å²) in [6.07, 6.45) is 1.93. The van der Waals surface area contributed by atoms with E-state index in [1.54, 1.807) is 0 Å². The molecule has 8 nitrogen and oxygen atoms in total. The summed E-state index contributed by atoms with van der Waals surface area (Å²) in [4.78, 5) is 4.91. The molecule has 36 heavy (non-hydrogen) atoms. The molecule has 0 saturated carbocycles. The Morgan fingerprint density at radius 1 is 0.861 bits per heavy atom. The highest BCUT2D eigenvalue weighted by molar-refractivity contribution is 5.80. The first kappa shape index (κ1) is 23.6. The molecule has 3 N–H and O–H groups in total. The first-order chi connectivity index (χ1) is 17.6.